The average molecular weight is 225 g/mol. The second kappa shape index (κ2) is 4.70. The van der Waals surface area contributed by atoms with Gasteiger partial charge in [-0.15, -0.1) is 0 Å². The maximum Gasteiger partial charge on any atom is 0.163 e. The number of halogens is 1. The van der Waals surface area contributed by atoms with Gasteiger partial charge in [0.25, 0.3) is 0 Å². The molecule has 1 aliphatic rings. The summed E-state index contributed by atoms with van der Waals surface area (Å²) >= 11 is 0. The summed E-state index contributed by atoms with van der Waals surface area (Å²) in [5.74, 6) is -0.136. The summed E-state index contributed by atoms with van der Waals surface area (Å²) in [5, 5.41) is 13.2. The van der Waals surface area contributed by atoms with Gasteiger partial charge in [0.2, 0.25) is 0 Å². The van der Waals surface area contributed by atoms with Gasteiger partial charge < -0.3 is 15.2 Å². The lowest BCUT2D eigenvalue weighted by Crippen LogP contribution is -2.26. The van der Waals surface area contributed by atoms with Crippen molar-refractivity contribution in [2.24, 2.45) is 0 Å². The molecule has 0 aromatic heterocycles. The first-order valence-electron chi connectivity index (χ1n) is 5.52. The minimum absolute atomic E-state index is 0.0262. The molecule has 88 valence electrons. The predicted molar refractivity (Wildman–Crippen MR) is 59.2 cm³/mol. The number of methoxy groups -OCH3 is 1. The van der Waals surface area contributed by atoms with Crippen LogP contribution in [-0.2, 0) is 0 Å². The monoisotopic (exact) mass is 225 g/mol. The molecule has 16 heavy (non-hydrogen) atoms. The molecule has 0 aliphatic carbocycles. The second-order valence-electron chi connectivity index (χ2n) is 4.05. The van der Waals surface area contributed by atoms with Gasteiger partial charge in [0.1, 0.15) is 5.82 Å². The summed E-state index contributed by atoms with van der Waals surface area (Å²) in [7, 11) is 1.42. The van der Waals surface area contributed by atoms with E-state index in [1.807, 2.05) is 0 Å². The maximum absolute atomic E-state index is 13.3. The van der Waals surface area contributed by atoms with E-state index in [1.54, 1.807) is 0 Å². The first-order chi connectivity index (χ1) is 7.72. The lowest BCUT2D eigenvalue weighted by molar-refractivity contribution is 0.351. The number of hydrogen-bond donors (Lipinski definition) is 2. The first-order valence-corrected chi connectivity index (χ1v) is 5.52. The molecule has 0 amide bonds. The minimum Gasteiger partial charge on any atom is -0.504 e. The number of piperidine rings is 1. The summed E-state index contributed by atoms with van der Waals surface area (Å²) in [6.45, 7) is 0.906. The van der Waals surface area contributed by atoms with Crippen molar-refractivity contribution >= 4 is 0 Å². The Balaban J connectivity index is 2.34. The van der Waals surface area contributed by atoms with Crippen LogP contribution in [0.5, 0.6) is 11.5 Å². The Morgan fingerprint density at radius 1 is 1.44 bits per heavy atom. The van der Waals surface area contributed by atoms with Gasteiger partial charge in [0.15, 0.2) is 11.5 Å². The largest absolute Gasteiger partial charge is 0.504 e. The third-order valence-electron chi connectivity index (χ3n) is 2.97. The van der Waals surface area contributed by atoms with E-state index >= 15 is 0 Å². The van der Waals surface area contributed by atoms with Crippen LogP contribution in [0.1, 0.15) is 30.9 Å². The van der Waals surface area contributed by atoms with E-state index in [0.29, 0.717) is 5.56 Å². The van der Waals surface area contributed by atoms with Gasteiger partial charge in [0.05, 0.1) is 7.11 Å². The molecule has 2 rings (SSSR count). The summed E-state index contributed by atoms with van der Waals surface area (Å²) in [5.41, 5.74) is 0.594. The molecule has 2 N–H and O–H groups in total. The van der Waals surface area contributed by atoms with Gasteiger partial charge in [-0.1, -0.05) is 6.42 Å². The standard InChI is InChI=1S/C12H16FNO2/c1-16-11-7-8(13)6-9(12(11)15)10-4-2-3-5-14-10/h6-7,10,14-15H,2-5H2,1H3/t10-/m1/s1. The van der Waals surface area contributed by atoms with Crippen LogP contribution >= 0.6 is 0 Å². The van der Waals surface area contributed by atoms with E-state index in [2.05, 4.69) is 5.32 Å². The van der Waals surface area contributed by atoms with Crippen molar-refractivity contribution in [3.8, 4) is 11.5 Å². The molecule has 3 nitrogen and oxygen atoms in total. The molecule has 1 fully saturated rings. The van der Waals surface area contributed by atoms with Gasteiger partial charge in [-0.25, -0.2) is 4.39 Å². The minimum atomic E-state index is -0.378. The van der Waals surface area contributed by atoms with Crippen molar-refractivity contribution < 1.29 is 14.2 Å². The maximum atomic E-state index is 13.3. The van der Waals surface area contributed by atoms with E-state index in [4.69, 9.17) is 4.74 Å². The number of aromatic hydroxyl groups is 1. The number of nitrogens with one attached hydrogen (secondary N) is 1. The lowest BCUT2D eigenvalue weighted by Gasteiger charge is -2.25. The fraction of sp³-hybridized carbons (Fsp3) is 0.500. The molecule has 0 spiro atoms. The highest BCUT2D eigenvalue weighted by molar-refractivity contribution is 5.47. The number of phenols is 1. The molecule has 1 aromatic carbocycles. The number of phenolic OH excluding ortho intramolecular Hbond substituents is 1. The highest BCUT2D eigenvalue weighted by Crippen LogP contribution is 2.37. The van der Waals surface area contributed by atoms with Gasteiger partial charge in [-0.2, -0.15) is 0 Å². The zero-order chi connectivity index (χ0) is 11.5. The number of benzene rings is 1. The molecular weight excluding hydrogens is 209 g/mol. The zero-order valence-electron chi connectivity index (χ0n) is 9.29. The fourth-order valence-corrected chi connectivity index (χ4v) is 2.13. The quantitative estimate of drug-likeness (QED) is 0.811. The van der Waals surface area contributed by atoms with E-state index < -0.39 is 0 Å². The van der Waals surface area contributed by atoms with Crippen molar-refractivity contribution in [2.75, 3.05) is 13.7 Å². The highest BCUT2D eigenvalue weighted by Gasteiger charge is 2.21. The van der Waals surface area contributed by atoms with Crippen molar-refractivity contribution in [3.05, 3.63) is 23.5 Å². The SMILES string of the molecule is COc1cc(F)cc([C@H]2CCCCN2)c1O. The molecule has 4 heteroatoms. The molecular formula is C12H16FNO2. The van der Waals surface area contributed by atoms with E-state index in [-0.39, 0.29) is 23.4 Å². The number of hydrogen-bond acceptors (Lipinski definition) is 3. The molecule has 1 atom stereocenters. The Morgan fingerprint density at radius 3 is 2.88 bits per heavy atom. The third-order valence-corrected chi connectivity index (χ3v) is 2.97. The summed E-state index contributed by atoms with van der Waals surface area (Å²) < 4.78 is 18.3. The molecule has 1 aliphatic heterocycles. The van der Waals surface area contributed by atoms with Crippen LogP contribution in [0.25, 0.3) is 0 Å². The van der Waals surface area contributed by atoms with Crippen molar-refractivity contribution in [1.29, 1.82) is 0 Å². The molecule has 1 aromatic rings. The third kappa shape index (κ3) is 2.11. The van der Waals surface area contributed by atoms with Gasteiger partial charge in [-0.3, -0.25) is 0 Å². The van der Waals surface area contributed by atoms with Gasteiger partial charge >= 0.3 is 0 Å². The Kier molecular flexibility index (Phi) is 3.29. The van der Waals surface area contributed by atoms with Crippen molar-refractivity contribution in [2.45, 2.75) is 25.3 Å². The van der Waals surface area contributed by atoms with Crippen LogP contribution in [-0.4, -0.2) is 18.8 Å². The van der Waals surface area contributed by atoms with Crippen LogP contribution in [0.3, 0.4) is 0 Å². The van der Waals surface area contributed by atoms with Crippen LogP contribution in [0.2, 0.25) is 0 Å². The van der Waals surface area contributed by atoms with Crippen molar-refractivity contribution in [3.63, 3.8) is 0 Å². The van der Waals surface area contributed by atoms with Gasteiger partial charge in [0, 0.05) is 17.7 Å². The predicted octanol–water partition coefficient (Wildman–Crippen LogP) is 2.35. The molecule has 1 heterocycles. The fourth-order valence-electron chi connectivity index (χ4n) is 2.13. The highest BCUT2D eigenvalue weighted by atomic mass is 19.1. The lowest BCUT2D eigenvalue weighted by atomic mass is 9.96. The molecule has 0 unspecified atom stereocenters. The molecule has 1 saturated heterocycles. The Bertz CT molecular complexity index is 376. The summed E-state index contributed by atoms with van der Waals surface area (Å²) in [6, 6.07) is 2.60. The van der Waals surface area contributed by atoms with Crippen LogP contribution in [0.15, 0.2) is 12.1 Å². The zero-order valence-corrected chi connectivity index (χ0v) is 9.29. The Hall–Kier alpha value is -1.29. The van der Waals surface area contributed by atoms with Gasteiger partial charge in [-0.05, 0) is 25.5 Å². The van der Waals surface area contributed by atoms with E-state index in [0.717, 1.165) is 25.8 Å². The van der Waals surface area contributed by atoms with E-state index in [9.17, 15) is 9.50 Å². The molecule has 0 bridgehead atoms. The van der Waals surface area contributed by atoms with Crippen molar-refractivity contribution in [1.82, 2.24) is 5.32 Å². The first kappa shape index (κ1) is 11.2. The molecule has 0 radical (unpaired) electrons. The topological polar surface area (TPSA) is 41.5 Å². The Morgan fingerprint density at radius 2 is 2.25 bits per heavy atom. The summed E-state index contributed by atoms with van der Waals surface area (Å²) in [6.07, 6.45) is 3.14. The summed E-state index contributed by atoms with van der Waals surface area (Å²) in [4.78, 5) is 0. The normalized spacial score (nSPS) is 20.8. The smallest absolute Gasteiger partial charge is 0.163 e. The van der Waals surface area contributed by atoms with Crippen LogP contribution in [0, 0.1) is 5.82 Å². The van der Waals surface area contributed by atoms with Crippen LogP contribution < -0.4 is 10.1 Å². The average Bonchev–Trinajstić information content (AvgIpc) is 2.33. The Labute approximate surface area is 94.2 Å². The number of rotatable bonds is 2. The number of ether oxygens (including phenoxy) is 1. The van der Waals surface area contributed by atoms with E-state index in [1.165, 1.54) is 19.2 Å². The second-order valence-corrected chi connectivity index (χ2v) is 4.05. The van der Waals surface area contributed by atoms with Crippen LogP contribution in [0.4, 0.5) is 4.39 Å². The molecule has 0 saturated carbocycles.